The summed E-state index contributed by atoms with van der Waals surface area (Å²) in [5.74, 6) is 1.60. The van der Waals surface area contributed by atoms with Crippen molar-refractivity contribution in [2.75, 3.05) is 7.11 Å². The van der Waals surface area contributed by atoms with Gasteiger partial charge in [-0.15, -0.1) is 12.4 Å². The molecule has 3 rings (SSSR count). The van der Waals surface area contributed by atoms with E-state index in [1.807, 2.05) is 6.07 Å². The van der Waals surface area contributed by atoms with Gasteiger partial charge in [-0.3, -0.25) is 0 Å². The lowest BCUT2D eigenvalue weighted by Gasteiger charge is -2.23. The lowest BCUT2D eigenvalue weighted by molar-refractivity contribution is 0.284. The minimum absolute atomic E-state index is 0. The minimum atomic E-state index is 0. The summed E-state index contributed by atoms with van der Waals surface area (Å²) in [5, 5.41) is 3.68. The van der Waals surface area contributed by atoms with Crippen LogP contribution in [0.3, 0.4) is 0 Å². The molecule has 0 saturated heterocycles. The van der Waals surface area contributed by atoms with E-state index in [-0.39, 0.29) is 12.4 Å². The number of benzene rings is 2. The van der Waals surface area contributed by atoms with Crippen molar-refractivity contribution in [1.29, 1.82) is 0 Å². The molecule has 0 spiro atoms. The Bertz CT molecular complexity index is 684. The molecule has 0 heterocycles. The third kappa shape index (κ3) is 5.93. The zero-order chi connectivity index (χ0) is 17.5. The molecule has 0 aromatic heterocycles. The average Bonchev–Trinajstić information content (AvgIpc) is 2.66. The molecule has 1 aliphatic rings. The lowest BCUT2D eigenvalue weighted by Crippen LogP contribution is -2.30. The third-order valence-corrected chi connectivity index (χ3v) is 4.90. The summed E-state index contributed by atoms with van der Waals surface area (Å²) in [6.45, 7) is 3.54. The van der Waals surface area contributed by atoms with Crippen LogP contribution in [0.1, 0.15) is 48.8 Å². The summed E-state index contributed by atoms with van der Waals surface area (Å²) in [5.41, 5.74) is 3.66. The molecule has 0 radical (unpaired) electrons. The maximum absolute atomic E-state index is 5.97. The highest BCUT2D eigenvalue weighted by Gasteiger charge is 2.13. The van der Waals surface area contributed by atoms with Gasteiger partial charge in [-0.05, 0) is 43.0 Å². The topological polar surface area (TPSA) is 30.5 Å². The fraction of sp³-hybridized carbons (Fsp3) is 0.455. The lowest BCUT2D eigenvalue weighted by atomic mass is 9.95. The Labute approximate surface area is 163 Å². The van der Waals surface area contributed by atoms with E-state index in [0.717, 1.165) is 18.0 Å². The van der Waals surface area contributed by atoms with Crippen LogP contribution in [0, 0.1) is 6.92 Å². The van der Waals surface area contributed by atoms with E-state index < -0.39 is 0 Å². The van der Waals surface area contributed by atoms with Crippen molar-refractivity contribution in [2.45, 2.75) is 58.2 Å². The fourth-order valence-corrected chi connectivity index (χ4v) is 3.47. The summed E-state index contributed by atoms with van der Waals surface area (Å²) < 4.78 is 11.5. The summed E-state index contributed by atoms with van der Waals surface area (Å²) in [4.78, 5) is 0. The second kappa shape index (κ2) is 10.4. The van der Waals surface area contributed by atoms with Gasteiger partial charge >= 0.3 is 0 Å². The predicted octanol–water partition coefficient (Wildman–Crippen LogP) is 5.43. The number of hydrogen-bond donors (Lipinski definition) is 1. The highest BCUT2D eigenvalue weighted by molar-refractivity contribution is 5.85. The van der Waals surface area contributed by atoms with Crippen molar-refractivity contribution < 1.29 is 9.47 Å². The van der Waals surface area contributed by atoms with Gasteiger partial charge in [0.2, 0.25) is 0 Å². The second-order valence-electron chi connectivity index (χ2n) is 6.98. The third-order valence-electron chi connectivity index (χ3n) is 4.90. The zero-order valence-electron chi connectivity index (χ0n) is 15.8. The van der Waals surface area contributed by atoms with Crippen LogP contribution in [-0.4, -0.2) is 13.2 Å². The summed E-state index contributed by atoms with van der Waals surface area (Å²) in [7, 11) is 1.70. The van der Waals surface area contributed by atoms with Crippen LogP contribution in [0.25, 0.3) is 0 Å². The van der Waals surface area contributed by atoms with E-state index in [1.54, 1.807) is 7.11 Å². The first kappa shape index (κ1) is 20.6. The van der Waals surface area contributed by atoms with E-state index in [9.17, 15) is 0 Å². The highest BCUT2D eigenvalue weighted by atomic mass is 35.5. The summed E-state index contributed by atoms with van der Waals surface area (Å²) in [6.07, 6.45) is 6.70. The van der Waals surface area contributed by atoms with Gasteiger partial charge in [0, 0.05) is 12.6 Å². The average molecular weight is 376 g/mol. The zero-order valence-corrected chi connectivity index (χ0v) is 16.6. The first-order valence-electron chi connectivity index (χ1n) is 9.33. The monoisotopic (exact) mass is 375 g/mol. The molecule has 1 fully saturated rings. The second-order valence-corrected chi connectivity index (χ2v) is 6.98. The maximum Gasteiger partial charge on any atom is 0.161 e. The first-order valence-corrected chi connectivity index (χ1v) is 9.33. The molecule has 0 amide bonds. The molecule has 0 unspecified atom stereocenters. The molecule has 0 atom stereocenters. The predicted molar refractivity (Wildman–Crippen MR) is 109 cm³/mol. The Hall–Kier alpha value is -1.71. The number of hydrogen-bond acceptors (Lipinski definition) is 3. The van der Waals surface area contributed by atoms with Crippen molar-refractivity contribution in [3.05, 3.63) is 59.2 Å². The van der Waals surface area contributed by atoms with Gasteiger partial charge in [0.1, 0.15) is 6.61 Å². The largest absolute Gasteiger partial charge is 0.493 e. The molecule has 0 bridgehead atoms. The van der Waals surface area contributed by atoms with Crippen LogP contribution in [0.15, 0.2) is 42.5 Å². The molecule has 142 valence electrons. The summed E-state index contributed by atoms with van der Waals surface area (Å²) in [6, 6.07) is 15.3. The van der Waals surface area contributed by atoms with E-state index in [1.165, 1.54) is 48.8 Å². The molecular weight excluding hydrogens is 346 g/mol. The standard InChI is InChI=1S/C22H29NO2.ClH/c1-17-7-6-8-19(13-17)16-25-21-12-11-18(14-22(21)24-2)15-23-20-9-4-3-5-10-20;/h6-8,11-14,20,23H,3-5,9-10,15-16H2,1-2H3;1H. The van der Waals surface area contributed by atoms with Crippen molar-refractivity contribution in [3.63, 3.8) is 0 Å². The fourth-order valence-electron chi connectivity index (χ4n) is 3.47. The van der Waals surface area contributed by atoms with Crippen LogP contribution >= 0.6 is 12.4 Å². The van der Waals surface area contributed by atoms with Gasteiger partial charge in [0.25, 0.3) is 0 Å². The Morgan fingerprint density at radius 3 is 2.50 bits per heavy atom. The Kier molecular flexibility index (Phi) is 8.27. The van der Waals surface area contributed by atoms with Crippen molar-refractivity contribution >= 4 is 12.4 Å². The molecule has 4 heteroatoms. The van der Waals surface area contributed by atoms with E-state index in [4.69, 9.17) is 9.47 Å². The van der Waals surface area contributed by atoms with Crippen molar-refractivity contribution in [1.82, 2.24) is 5.32 Å². The van der Waals surface area contributed by atoms with E-state index in [0.29, 0.717) is 12.6 Å². The smallest absolute Gasteiger partial charge is 0.161 e. The minimum Gasteiger partial charge on any atom is -0.493 e. The van der Waals surface area contributed by atoms with Crippen LogP contribution < -0.4 is 14.8 Å². The molecule has 1 N–H and O–H groups in total. The van der Waals surface area contributed by atoms with Crippen LogP contribution in [0.5, 0.6) is 11.5 Å². The number of nitrogens with one attached hydrogen (secondary N) is 1. The number of halogens is 1. The van der Waals surface area contributed by atoms with Gasteiger partial charge < -0.3 is 14.8 Å². The van der Waals surface area contributed by atoms with Crippen LogP contribution in [0.2, 0.25) is 0 Å². The molecule has 2 aromatic rings. The van der Waals surface area contributed by atoms with Gasteiger partial charge in [-0.1, -0.05) is 55.2 Å². The molecule has 2 aromatic carbocycles. The molecule has 0 aliphatic heterocycles. The number of methoxy groups -OCH3 is 1. The van der Waals surface area contributed by atoms with Gasteiger partial charge in [-0.25, -0.2) is 0 Å². The van der Waals surface area contributed by atoms with Crippen LogP contribution in [0.4, 0.5) is 0 Å². The molecule has 3 nitrogen and oxygen atoms in total. The molecular formula is C22H30ClNO2. The Morgan fingerprint density at radius 1 is 0.962 bits per heavy atom. The van der Waals surface area contributed by atoms with Gasteiger partial charge in [0.15, 0.2) is 11.5 Å². The maximum atomic E-state index is 5.97. The number of aryl methyl sites for hydroxylation is 1. The summed E-state index contributed by atoms with van der Waals surface area (Å²) >= 11 is 0. The van der Waals surface area contributed by atoms with Gasteiger partial charge in [0.05, 0.1) is 7.11 Å². The molecule has 1 saturated carbocycles. The van der Waals surface area contributed by atoms with Crippen molar-refractivity contribution in [3.8, 4) is 11.5 Å². The normalized spacial score (nSPS) is 14.5. The highest BCUT2D eigenvalue weighted by Crippen LogP contribution is 2.29. The van der Waals surface area contributed by atoms with Crippen LogP contribution in [-0.2, 0) is 13.2 Å². The van der Waals surface area contributed by atoms with E-state index >= 15 is 0 Å². The molecule has 1 aliphatic carbocycles. The SMILES string of the molecule is COc1cc(CNC2CCCCC2)ccc1OCc1cccc(C)c1.Cl. The number of rotatable bonds is 7. The number of ether oxygens (including phenoxy) is 2. The molecule has 26 heavy (non-hydrogen) atoms. The Morgan fingerprint density at radius 2 is 1.77 bits per heavy atom. The quantitative estimate of drug-likeness (QED) is 0.700. The Balaban J connectivity index is 0.00000243. The van der Waals surface area contributed by atoms with Gasteiger partial charge in [-0.2, -0.15) is 0 Å². The van der Waals surface area contributed by atoms with E-state index in [2.05, 4.69) is 48.6 Å². The van der Waals surface area contributed by atoms with Crippen molar-refractivity contribution in [2.24, 2.45) is 0 Å². The first-order chi connectivity index (χ1) is 12.2.